The highest BCUT2D eigenvalue weighted by atomic mass is 16.4. The second kappa shape index (κ2) is 4.22. The third-order valence-electron chi connectivity index (χ3n) is 2.04. The number of nitrogens with zero attached hydrogens (tertiary/aromatic N) is 1. The zero-order valence-corrected chi connectivity index (χ0v) is 8.53. The highest BCUT2D eigenvalue weighted by molar-refractivity contribution is 5.67. The van der Waals surface area contributed by atoms with Gasteiger partial charge in [-0.15, -0.1) is 0 Å². The first kappa shape index (κ1) is 10.7. The summed E-state index contributed by atoms with van der Waals surface area (Å²) >= 11 is 0. The van der Waals surface area contributed by atoms with Crippen molar-refractivity contribution in [2.45, 2.75) is 26.7 Å². The summed E-state index contributed by atoms with van der Waals surface area (Å²) < 4.78 is 0. The van der Waals surface area contributed by atoms with Gasteiger partial charge < -0.3 is 5.11 Å². The van der Waals surface area contributed by atoms with E-state index in [-0.39, 0.29) is 11.8 Å². The number of hydrogen-bond donors (Lipinski definition) is 1. The van der Waals surface area contributed by atoms with Crippen LogP contribution in [0, 0.1) is 5.41 Å². The van der Waals surface area contributed by atoms with Crippen LogP contribution in [-0.2, 0) is 11.2 Å². The van der Waals surface area contributed by atoms with E-state index in [9.17, 15) is 4.79 Å². The molecule has 0 fully saturated rings. The minimum absolute atomic E-state index is 0.182. The van der Waals surface area contributed by atoms with Gasteiger partial charge in [0.15, 0.2) is 0 Å². The molecule has 3 heteroatoms. The van der Waals surface area contributed by atoms with Crippen molar-refractivity contribution in [2.24, 2.45) is 5.41 Å². The smallest absolute Gasteiger partial charge is 0.303 e. The predicted octanol–water partition coefficient (Wildman–Crippen LogP) is 2.12. The van der Waals surface area contributed by atoms with Crippen LogP contribution in [0.4, 0.5) is 0 Å². The first-order valence-corrected chi connectivity index (χ1v) is 4.60. The number of hydrogen-bond acceptors (Lipinski definition) is 2. The van der Waals surface area contributed by atoms with E-state index in [0.717, 1.165) is 12.0 Å². The first-order valence-electron chi connectivity index (χ1n) is 4.60. The van der Waals surface area contributed by atoms with E-state index in [1.165, 1.54) is 0 Å². The average molecular weight is 193 g/mol. The van der Waals surface area contributed by atoms with Crippen LogP contribution in [0.25, 0.3) is 0 Å². The molecule has 0 radical (unpaired) electrons. The zero-order chi connectivity index (χ0) is 10.6. The van der Waals surface area contributed by atoms with E-state index in [1.807, 2.05) is 26.0 Å². The minimum atomic E-state index is -0.751. The fourth-order valence-electron chi connectivity index (χ4n) is 1.53. The third kappa shape index (κ3) is 3.56. The lowest BCUT2D eigenvalue weighted by Gasteiger charge is -2.21. The van der Waals surface area contributed by atoms with Crippen molar-refractivity contribution >= 4 is 5.97 Å². The average Bonchev–Trinajstić information content (AvgIpc) is 2.02. The summed E-state index contributed by atoms with van der Waals surface area (Å²) in [6.07, 6.45) is 4.42. The summed E-state index contributed by atoms with van der Waals surface area (Å²) in [7, 11) is 0. The van der Waals surface area contributed by atoms with Gasteiger partial charge in [0.05, 0.1) is 6.42 Å². The summed E-state index contributed by atoms with van der Waals surface area (Å²) in [4.78, 5) is 14.6. The molecule has 3 nitrogen and oxygen atoms in total. The molecule has 0 aliphatic rings. The lowest BCUT2D eigenvalue weighted by Crippen LogP contribution is -2.19. The number of rotatable bonds is 4. The molecule has 0 saturated heterocycles. The number of aliphatic carboxylic acids is 1. The molecule has 1 N–H and O–H groups in total. The van der Waals surface area contributed by atoms with Crippen LogP contribution in [0.5, 0.6) is 0 Å². The van der Waals surface area contributed by atoms with Crippen LogP contribution < -0.4 is 0 Å². The second-order valence-electron chi connectivity index (χ2n) is 4.27. The lowest BCUT2D eigenvalue weighted by molar-refractivity contribution is -0.139. The van der Waals surface area contributed by atoms with E-state index < -0.39 is 5.97 Å². The highest BCUT2D eigenvalue weighted by Crippen LogP contribution is 2.25. The Morgan fingerprint density at radius 1 is 1.57 bits per heavy atom. The fourth-order valence-corrected chi connectivity index (χ4v) is 1.53. The van der Waals surface area contributed by atoms with Crippen LogP contribution in [0.3, 0.4) is 0 Å². The predicted molar refractivity (Wildman–Crippen MR) is 54.0 cm³/mol. The van der Waals surface area contributed by atoms with Gasteiger partial charge in [-0.05, 0) is 23.5 Å². The molecule has 1 rings (SSSR count). The summed E-state index contributed by atoms with van der Waals surface area (Å²) in [6, 6.07) is 3.84. The molecule has 0 bridgehead atoms. The van der Waals surface area contributed by atoms with E-state index in [1.54, 1.807) is 12.4 Å². The number of pyridine rings is 1. The summed E-state index contributed by atoms with van der Waals surface area (Å²) in [5.74, 6) is -0.751. The van der Waals surface area contributed by atoms with E-state index in [2.05, 4.69) is 4.98 Å². The number of carbonyl (C=O) groups is 1. The Hall–Kier alpha value is -1.38. The summed E-state index contributed by atoms with van der Waals surface area (Å²) in [6.45, 7) is 3.90. The molecule has 0 saturated carbocycles. The van der Waals surface area contributed by atoms with Crippen molar-refractivity contribution in [3.05, 3.63) is 30.1 Å². The van der Waals surface area contributed by atoms with Gasteiger partial charge in [0.25, 0.3) is 0 Å². The van der Waals surface area contributed by atoms with E-state index in [4.69, 9.17) is 5.11 Å². The molecule has 1 aromatic rings. The Kier molecular flexibility index (Phi) is 3.23. The zero-order valence-electron chi connectivity index (χ0n) is 8.53. The van der Waals surface area contributed by atoms with Crippen LogP contribution in [0.1, 0.15) is 25.8 Å². The highest BCUT2D eigenvalue weighted by Gasteiger charge is 2.21. The van der Waals surface area contributed by atoms with Crippen LogP contribution in [-0.4, -0.2) is 16.1 Å². The molecule has 0 atom stereocenters. The van der Waals surface area contributed by atoms with Gasteiger partial charge in [-0.3, -0.25) is 9.78 Å². The van der Waals surface area contributed by atoms with Gasteiger partial charge in [0.2, 0.25) is 0 Å². The van der Waals surface area contributed by atoms with Crippen molar-refractivity contribution < 1.29 is 9.90 Å². The van der Waals surface area contributed by atoms with E-state index >= 15 is 0 Å². The molecule has 14 heavy (non-hydrogen) atoms. The van der Waals surface area contributed by atoms with Crippen molar-refractivity contribution in [3.8, 4) is 0 Å². The Morgan fingerprint density at radius 3 is 2.79 bits per heavy atom. The minimum Gasteiger partial charge on any atom is -0.481 e. The third-order valence-corrected chi connectivity index (χ3v) is 2.04. The number of carboxylic acid groups (broad SMARTS) is 1. The van der Waals surface area contributed by atoms with Crippen molar-refractivity contribution in [1.29, 1.82) is 0 Å². The van der Waals surface area contributed by atoms with Crippen LogP contribution >= 0.6 is 0 Å². The quantitative estimate of drug-likeness (QED) is 0.796. The molecule has 76 valence electrons. The maximum absolute atomic E-state index is 10.6. The van der Waals surface area contributed by atoms with Gasteiger partial charge in [0.1, 0.15) is 0 Å². The molecule has 1 heterocycles. The van der Waals surface area contributed by atoms with Gasteiger partial charge in [-0.1, -0.05) is 19.9 Å². The Labute approximate surface area is 83.8 Å². The van der Waals surface area contributed by atoms with E-state index in [0.29, 0.717) is 0 Å². The molecular weight excluding hydrogens is 178 g/mol. The first-order chi connectivity index (χ1) is 6.49. The van der Waals surface area contributed by atoms with Gasteiger partial charge in [0, 0.05) is 12.4 Å². The normalized spacial score (nSPS) is 11.3. The Morgan fingerprint density at radius 2 is 2.29 bits per heavy atom. The number of aromatic nitrogens is 1. The maximum atomic E-state index is 10.6. The van der Waals surface area contributed by atoms with Crippen molar-refractivity contribution in [2.75, 3.05) is 0 Å². The molecular formula is C11H15NO2. The molecule has 0 aromatic carbocycles. The standard InChI is InChI=1S/C11H15NO2/c1-11(2,7-10(13)14)6-9-4-3-5-12-8-9/h3-5,8H,6-7H2,1-2H3,(H,13,14). The van der Waals surface area contributed by atoms with Gasteiger partial charge >= 0.3 is 5.97 Å². The molecule has 0 amide bonds. The molecule has 1 aromatic heterocycles. The molecule has 0 aliphatic carbocycles. The number of carboxylic acids is 1. The van der Waals surface area contributed by atoms with Crippen LogP contribution in [0.15, 0.2) is 24.5 Å². The molecule has 0 unspecified atom stereocenters. The summed E-state index contributed by atoms with van der Waals surface area (Å²) in [5.41, 5.74) is 0.869. The Balaban J connectivity index is 2.63. The van der Waals surface area contributed by atoms with Crippen LogP contribution in [0.2, 0.25) is 0 Å². The maximum Gasteiger partial charge on any atom is 0.303 e. The topological polar surface area (TPSA) is 50.2 Å². The second-order valence-corrected chi connectivity index (χ2v) is 4.27. The Bertz CT molecular complexity index is 306. The fraction of sp³-hybridized carbons (Fsp3) is 0.455. The van der Waals surface area contributed by atoms with Gasteiger partial charge in [-0.25, -0.2) is 0 Å². The SMILES string of the molecule is CC(C)(CC(=O)O)Cc1cccnc1. The van der Waals surface area contributed by atoms with Gasteiger partial charge in [-0.2, -0.15) is 0 Å². The summed E-state index contributed by atoms with van der Waals surface area (Å²) in [5, 5.41) is 8.71. The molecule has 0 aliphatic heterocycles. The van der Waals surface area contributed by atoms with Crippen molar-refractivity contribution in [1.82, 2.24) is 4.98 Å². The lowest BCUT2D eigenvalue weighted by atomic mass is 9.83. The molecule has 0 spiro atoms. The van der Waals surface area contributed by atoms with Crippen molar-refractivity contribution in [3.63, 3.8) is 0 Å². The monoisotopic (exact) mass is 193 g/mol. The largest absolute Gasteiger partial charge is 0.481 e.